The summed E-state index contributed by atoms with van der Waals surface area (Å²) in [6.07, 6.45) is 2.09. The van der Waals surface area contributed by atoms with Gasteiger partial charge in [0.05, 0.1) is 22.8 Å². The van der Waals surface area contributed by atoms with Gasteiger partial charge < -0.3 is 5.32 Å². The van der Waals surface area contributed by atoms with E-state index >= 15 is 0 Å². The quantitative estimate of drug-likeness (QED) is 0.937. The zero-order valence-electron chi connectivity index (χ0n) is 13.6. The highest BCUT2D eigenvalue weighted by Crippen LogP contribution is 2.26. The van der Waals surface area contributed by atoms with Crippen LogP contribution in [0.5, 0.6) is 0 Å². The van der Waals surface area contributed by atoms with Gasteiger partial charge in [-0.3, -0.25) is 9.36 Å². The smallest absolute Gasteiger partial charge is 0.0827 e. The summed E-state index contributed by atoms with van der Waals surface area (Å²) in [5.41, 5.74) is 5.75. The Morgan fingerprint density at radius 3 is 2.30 bits per heavy atom. The minimum Gasteiger partial charge on any atom is -0.378 e. The Kier molecular flexibility index (Phi) is 3.63. The second-order valence-corrected chi connectivity index (χ2v) is 6.45. The summed E-state index contributed by atoms with van der Waals surface area (Å²) in [6, 6.07) is 0. The van der Waals surface area contributed by atoms with E-state index in [1.54, 1.807) is 0 Å². The predicted octanol–water partition coefficient (Wildman–Crippen LogP) is 2.68. The highest BCUT2D eigenvalue weighted by atomic mass is 15.3. The molecule has 0 unspecified atom stereocenters. The molecule has 0 bridgehead atoms. The molecule has 20 heavy (non-hydrogen) atoms. The molecule has 0 saturated heterocycles. The van der Waals surface area contributed by atoms with Gasteiger partial charge in [-0.05, 0) is 13.8 Å². The fourth-order valence-electron chi connectivity index (χ4n) is 2.51. The fourth-order valence-corrected chi connectivity index (χ4v) is 2.51. The normalized spacial score (nSPS) is 11.9. The van der Waals surface area contributed by atoms with Gasteiger partial charge in [0.2, 0.25) is 0 Å². The molecule has 0 spiro atoms. The largest absolute Gasteiger partial charge is 0.378 e. The second kappa shape index (κ2) is 4.96. The molecule has 0 radical (unpaired) electrons. The van der Waals surface area contributed by atoms with Gasteiger partial charge in [-0.2, -0.15) is 10.2 Å². The van der Waals surface area contributed by atoms with Crippen molar-refractivity contribution in [3.8, 4) is 0 Å². The van der Waals surface area contributed by atoms with Crippen LogP contribution in [0.4, 0.5) is 5.69 Å². The number of rotatable bonds is 3. The van der Waals surface area contributed by atoms with Gasteiger partial charge in [0.25, 0.3) is 0 Å². The molecule has 2 aromatic rings. The number of anilines is 1. The lowest BCUT2D eigenvalue weighted by Crippen LogP contribution is -2.16. The van der Waals surface area contributed by atoms with E-state index in [-0.39, 0.29) is 5.41 Å². The van der Waals surface area contributed by atoms with Crippen LogP contribution in [0.1, 0.15) is 43.4 Å². The lowest BCUT2D eigenvalue weighted by Gasteiger charge is -2.18. The van der Waals surface area contributed by atoms with E-state index in [0.717, 1.165) is 29.3 Å². The average molecular weight is 275 g/mol. The first-order valence-electron chi connectivity index (χ1n) is 6.97. The minimum atomic E-state index is 0.0529. The molecule has 110 valence electrons. The summed E-state index contributed by atoms with van der Waals surface area (Å²) < 4.78 is 3.80. The van der Waals surface area contributed by atoms with Crippen LogP contribution in [0.2, 0.25) is 0 Å². The molecule has 0 aliphatic rings. The molecule has 1 N–H and O–H groups in total. The first-order chi connectivity index (χ1) is 9.20. The van der Waals surface area contributed by atoms with Gasteiger partial charge in [-0.1, -0.05) is 20.8 Å². The third kappa shape index (κ3) is 2.71. The number of hydrogen-bond donors (Lipinski definition) is 1. The van der Waals surface area contributed by atoms with E-state index in [1.807, 2.05) is 30.4 Å². The van der Waals surface area contributed by atoms with Crippen LogP contribution in [0.25, 0.3) is 0 Å². The van der Waals surface area contributed by atoms with Gasteiger partial charge in [0.1, 0.15) is 0 Å². The first kappa shape index (κ1) is 14.6. The van der Waals surface area contributed by atoms with Gasteiger partial charge >= 0.3 is 0 Å². The van der Waals surface area contributed by atoms with Crippen LogP contribution in [0, 0.1) is 13.8 Å². The monoisotopic (exact) mass is 275 g/mol. The Hall–Kier alpha value is -1.78. The van der Waals surface area contributed by atoms with Crippen molar-refractivity contribution in [3.05, 3.63) is 28.8 Å². The highest BCUT2D eigenvalue weighted by Gasteiger charge is 2.22. The number of nitrogens with zero attached hydrogens (tertiary/aromatic N) is 4. The molecule has 0 aromatic carbocycles. The number of aromatic nitrogens is 4. The van der Waals surface area contributed by atoms with Crippen LogP contribution in [-0.2, 0) is 26.1 Å². The van der Waals surface area contributed by atoms with Crippen molar-refractivity contribution in [3.63, 3.8) is 0 Å². The van der Waals surface area contributed by atoms with Gasteiger partial charge in [0.15, 0.2) is 0 Å². The minimum absolute atomic E-state index is 0.0529. The third-order valence-electron chi connectivity index (χ3n) is 3.58. The molecule has 0 fully saturated rings. The van der Waals surface area contributed by atoms with Crippen LogP contribution in [0.15, 0.2) is 6.20 Å². The molecule has 2 aromatic heterocycles. The van der Waals surface area contributed by atoms with E-state index in [9.17, 15) is 0 Å². The van der Waals surface area contributed by atoms with Crippen LogP contribution in [0.3, 0.4) is 0 Å². The molecule has 0 amide bonds. The maximum Gasteiger partial charge on any atom is 0.0827 e. The molecule has 5 heteroatoms. The Morgan fingerprint density at radius 2 is 1.80 bits per heavy atom. The molecule has 0 aliphatic carbocycles. The Balaban J connectivity index is 2.23. The van der Waals surface area contributed by atoms with E-state index in [0.29, 0.717) is 0 Å². The molecule has 0 aliphatic heterocycles. The summed E-state index contributed by atoms with van der Waals surface area (Å²) in [5.74, 6) is 0. The maximum absolute atomic E-state index is 4.60. The topological polar surface area (TPSA) is 47.7 Å². The predicted molar refractivity (Wildman–Crippen MR) is 81.9 cm³/mol. The van der Waals surface area contributed by atoms with Crippen molar-refractivity contribution in [2.24, 2.45) is 14.1 Å². The van der Waals surface area contributed by atoms with E-state index < -0.39 is 0 Å². The second-order valence-electron chi connectivity index (χ2n) is 6.45. The molecular formula is C15H25N5. The number of nitrogens with one attached hydrogen (secondary N) is 1. The maximum atomic E-state index is 4.60. The lowest BCUT2D eigenvalue weighted by atomic mass is 9.89. The summed E-state index contributed by atoms with van der Waals surface area (Å²) in [6.45, 7) is 11.5. The van der Waals surface area contributed by atoms with Crippen molar-refractivity contribution in [1.29, 1.82) is 0 Å². The highest BCUT2D eigenvalue weighted by molar-refractivity contribution is 5.52. The molecule has 0 saturated carbocycles. The van der Waals surface area contributed by atoms with Crippen LogP contribution < -0.4 is 5.32 Å². The van der Waals surface area contributed by atoms with Crippen molar-refractivity contribution in [2.45, 2.75) is 46.6 Å². The summed E-state index contributed by atoms with van der Waals surface area (Å²) in [5, 5.41) is 12.5. The van der Waals surface area contributed by atoms with Gasteiger partial charge in [0, 0.05) is 37.8 Å². The molecule has 5 nitrogen and oxygen atoms in total. The molecule has 2 rings (SSSR count). The summed E-state index contributed by atoms with van der Waals surface area (Å²) in [7, 11) is 3.94. The Bertz CT molecular complexity index is 613. The molecule has 2 heterocycles. The Labute approximate surface area is 121 Å². The lowest BCUT2D eigenvalue weighted by molar-refractivity contribution is 0.549. The summed E-state index contributed by atoms with van der Waals surface area (Å²) >= 11 is 0. The van der Waals surface area contributed by atoms with E-state index in [1.165, 1.54) is 5.56 Å². The Morgan fingerprint density at radius 1 is 1.15 bits per heavy atom. The third-order valence-corrected chi connectivity index (χ3v) is 3.58. The number of hydrogen-bond acceptors (Lipinski definition) is 3. The standard InChI is InChI=1S/C15H25N5/c1-10-13(11(2)20(7)17-10)16-8-12-9-19(6)18-14(12)15(3,4)5/h9,16H,8H2,1-7H3. The van der Waals surface area contributed by atoms with Crippen LogP contribution >= 0.6 is 0 Å². The van der Waals surface area contributed by atoms with Crippen molar-refractivity contribution in [1.82, 2.24) is 19.6 Å². The molecular weight excluding hydrogens is 250 g/mol. The first-order valence-corrected chi connectivity index (χ1v) is 6.97. The van der Waals surface area contributed by atoms with Crippen LogP contribution in [-0.4, -0.2) is 19.6 Å². The van der Waals surface area contributed by atoms with Crippen molar-refractivity contribution in [2.75, 3.05) is 5.32 Å². The number of aryl methyl sites for hydroxylation is 3. The zero-order chi connectivity index (χ0) is 15.1. The van der Waals surface area contributed by atoms with Crippen molar-refractivity contribution < 1.29 is 0 Å². The fraction of sp³-hybridized carbons (Fsp3) is 0.600. The van der Waals surface area contributed by atoms with Gasteiger partial charge in [-0.15, -0.1) is 0 Å². The van der Waals surface area contributed by atoms with Gasteiger partial charge in [-0.25, -0.2) is 0 Å². The van der Waals surface area contributed by atoms with Crippen molar-refractivity contribution >= 4 is 5.69 Å². The average Bonchev–Trinajstić information content (AvgIpc) is 2.79. The molecule has 0 atom stereocenters. The van der Waals surface area contributed by atoms with E-state index in [4.69, 9.17) is 0 Å². The van der Waals surface area contributed by atoms with E-state index in [2.05, 4.69) is 49.4 Å². The zero-order valence-corrected chi connectivity index (χ0v) is 13.6. The summed E-state index contributed by atoms with van der Waals surface area (Å²) in [4.78, 5) is 0. The SMILES string of the molecule is Cc1nn(C)c(C)c1NCc1cn(C)nc1C(C)(C)C.